The molecule has 2 N–H and O–H groups in total. The molecule has 0 atom stereocenters. The Bertz CT molecular complexity index is 518. The molecule has 3 nitrogen and oxygen atoms in total. The van der Waals surface area contributed by atoms with E-state index < -0.39 is 0 Å². The molecule has 102 valence electrons. The van der Waals surface area contributed by atoms with Gasteiger partial charge in [-0.15, -0.1) is 0 Å². The van der Waals surface area contributed by atoms with Crippen molar-refractivity contribution in [3.63, 3.8) is 0 Å². The highest BCUT2D eigenvalue weighted by atomic mass is 15.1. The van der Waals surface area contributed by atoms with E-state index in [-0.39, 0.29) is 5.41 Å². The first kappa shape index (κ1) is 13.8. The van der Waals surface area contributed by atoms with Gasteiger partial charge in [-0.1, -0.05) is 52.0 Å². The SMILES string of the molecule is CCNCc1cn[nH]c1-c1ccc(C(C)(C)C)cc1. The second-order valence-corrected chi connectivity index (χ2v) is 5.88. The molecule has 0 aliphatic rings. The van der Waals surface area contributed by atoms with Gasteiger partial charge in [-0.2, -0.15) is 5.10 Å². The zero-order valence-corrected chi connectivity index (χ0v) is 12.2. The maximum absolute atomic E-state index is 4.16. The number of hydrogen-bond donors (Lipinski definition) is 2. The highest BCUT2D eigenvalue weighted by molar-refractivity contribution is 5.63. The second-order valence-electron chi connectivity index (χ2n) is 5.88. The molecule has 0 saturated heterocycles. The van der Waals surface area contributed by atoms with Gasteiger partial charge in [0.2, 0.25) is 0 Å². The minimum absolute atomic E-state index is 0.194. The Kier molecular flexibility index (Phi) is 4.05. The van der Waals surface area contributed by atoms with Gasteiger partial charge in [0, 0.05) is 12.1 Å². The number of aromatic amines is 1. The lowest BCUT2D eigenvalue weighted by molar-refractivity contribution is 0.590. The van der Waals surface area contributed by atoms with Gasteiger partial charge in [-0.25, -0.2) is 0 Å². The summed E-state index contributed by atoms with van der Waals surface area (Å²) < 4.78 is 0. The van der Waals surface area contributed by atoms with Crippen LogP contribution in [0.4, 0.5) is 0 Å². The maximum atomic E-state index is 4.16. The summed E-state index contributed by atoms with van der Waals surface area (Å²) in [5.41, 5.74) is 5.06. The average Bonchev–Trinajstić information content (AvgIpc) is 2.83. The Hall–Kier alpha value is -1.61. The molecule has 19 heavy (non-hydrogen) atoms. The van der Waals surface area contributed by atoms with E-state index in [0.29, 0.717) is 0 Å². The first-order valence-electron chi connectivity index (χ1n) is 6.86. The van der Waals surface area contributed by atoms with Crippen molar-refractivity contribution in [1.82, 2.24) is 15.5 Å². The topological polar surface area (TPSA) is 40.7 Å². The van der Waals surface area contributed by atoms with Crippen molar-refractivity contribution in [3.05, 3.63) is 41.6 Å². The van der Waals surface area contributed by atoms with Gasteiger partial charge in [-0.3, -0.25) is 5.10 Å². The lowest BCUT2D eigenvalue weighted by atomic mass is 9.86. The summed E-state index contributed by atoms with van der Waals surface area (Å²) in [7, 11) is 0. The van der Waals surface area contributed by atoms with Gasteiger partial charge in [0.15, 0.2) is 0 Å². The molecule has 1 heterocycles. The van der Waals surface area contributed by atoms with E-state index in [9.17, 15) is 0 Å². The first-order chi connectivity index (χ1) is 9.02. The minimum Gasteiger partial charge on any atom is -0.313 e. The van der Waals surface area contributed by atoms with Crippen molar-refractivity contribution >= 4 is 0 Å². The van der Waals surface area contributed by atoms with Gasteiger partial charge in [0.25, 0.3) is 0 Å². The van der Waals surface area contributed by atoms with Crippen LogP contribution in [0.25, 0.3) is 11.3 Å². The third kappa shape index (κ3) is 3.24. The number of nitrogens with one attached hydrogen (secondary N) is 2. The van der Waals surface area contributed by atoms with Crippen LogP contribution >= 0.6 is 0 Å². The summed E-state index contributed by atoms with van der Waals surface area (Å²) in [6.45, 7) is 10.6. The lowest BCUT2D eigenvalue weighted by Crippen LogP contribution is -2.12. The van der Waals surface area contributed by atoms with Crippen LogP contribution in [0.15, 0.2) is 30.5 Å². The van der Waals surface area contributed by atoms with Crippen LogP contribution in [0.1, 0.15) is 38.8 Å². The van der Waals surface area contributed by atoms with Gasteiger partial charge >= 0.3 is 0 Å². The van der Waals surface area contributed by atoms with Gasteiger partial charge in [0.1, 0.15) is 0 Å². The molecule has 0 amide bonds. The predicted octanol–water partition coefficient (Wildman–Crippen LogP) is 3.48. The van der Waals surface area contributed by atoms with Gasteiger partial charge in [0.05, 0.1) is 11.9 Å². The number of hydrogen-bond acceptors (Lipinski definition) is 2. The van der Waals surface area contributed by atoms with Crippen molar-refractivity contribution in [1.29, 1.82) is 0 Å². The van der Waals surface area contributed by atoms with Crippen molar-refractivity contribution < 1.29 is 0 Å². The molecule has 0 aliphatic heterocycles. The van der Waals surface area contributed by atoms with Crippen LogP contribution in [-0.4, -0.2) is 16.7 Å². The summed E-state index contributed by atoms with van der Waals surface area (Å²) in [5, 5.41) is 10.6. The zero-order chi connectivity index (χ0) is 13.9. The van der Waals surface area contributed by atoms with Crippen LogP contribution < -0.4 is 5.32 Å². The van der Waals surface area contributed by atoms with Crippen molar-refractivity contribution in [3.8, 4) is 11.3 Å². The van der Waals surface area contributed by atoms with Crippen LogP contribution in [0.2, 0.25) is 0 Å². The first-order valence-corrected chi connectivity index (χ1v) is 6.86. The summed E-state index contributed by atoms with van der Waals surface area (Å²) >= 11 is 0. The Morgan fingerprint density at radius 2 is 1.84 bits per heavy atom. The third-order valence-electron chi connectivity index (χ3n) is 3.32. The van der Waals surface area contributed by atoms with E-state index in [1.165, 1.54) is 16.7 Å². The Balaban J connectivity index is 2.25. The number of aromatic nitrogens is 2. The van der Waals surface area contributed by atoms with E-state index >= 15 is 0 Å². The third-order valence-corrected chi connectivity index (χ3v) is 3.32. The predicted molar refractivity (Wildman–Crippen MR) is 80.1 cm³/mol. The number of H-pyrrole nitrogens is 1. The average molecular weight is 257 g/mol. The van der Waals surface area contributed by atoms with Crippen molar-refractivity contribution in [2.45, 2.75) is 39.7 Å². The molecule has 0 spiro atoms. The summed E-state index contributed by atoms with van der Waals surface area (Å²) in [6.07, 6.45) is 1.90. The quantitative estimate of drug-likeness (QED) is 0.880. The van der Waals surface area contributed by atoms with Gasteiger partial charge in [-0.05, 0) is 23.1 Å². The monoisotopic (exact) mass is 257 g/mol. The number of benzene rings is 1. The van der Waals surface area contributed by atoms with E-state index in [1.54, 1.807) is 0 Å². The molecule has 3 heteroatoms. The van der Waals surface area contributed by atoms with Crippen LogP contribution in [0, 0.1) is 0 Å². The van der Waals surface area contributed by atoms with E-state index in [4.69, 9.17) is 0 Å². The molecule has 2 aromatic rings. The minimum atomic E-state index is 0.194. The second kappa shape index (κ2) is 5.57. The van der Waals surface area contributed by atoms with Crippen LogP contribution in [0.5, 0.6) is 0 Å². The Morgan fingerprint density at radius 3 is 2.42 bits per heavy atom. The normalized spacial score (nSPS) is 11.8. The smallest absolute Gasteiger partial charge is 0.0695 e. The fourth-order valence-corrected chi connectivity index (χ4v) is 2.09. The van der Waals surface area contributed by atoms with Crippen LogP contribution in [0.3, 0.4) is 0 Å². The summed E-state index contributed by atoms with van der Waals surface area (Å²) in [6, 6.07) is 8.74. The Labute approximate surface area is 115 Å². The molecule has 0 bridgehead atoms. The lowest BCUT2D eigenvalue weighted by Gasteiger charge is -2.19. The largest absolute Gasteiger partial charge is 0.313 e. The van der Waals surface area contributed by atoms with Crippen LogP contribution in [-0.2, 0) is 12.0 Å². The molecule has 1 aromatic heterocycles. The van der Waals surface area contributed by atoms with Crippen molar-refractivity contribution in [2.24, 2.45) is 0 Å². The molecule has 1 aromatic carbocycles. The van der Waals surface area contributed by atoms with Crippen molar-refractivity contribution in [2.75, 3.05) is 6.54 Å². The Morgan fingerprint density at radius 1 is 1.16 bits per heavy atom. The molecule has 2 rings (SSSR count). The molecular weight excluding hydrogens is 234 g/mol. The van der Waals surface area contributed by atoms with E-state index in [1.807, 2.05) is 6.20 Å². The van der Waals surface area contributed by atoms with Gasteiger partial charge < -0.3 is 5.32 Å². The highest BCUT2D eigenvalue weighted by Gasteiger charge is 2.14. The molecule has 0 saturated carbocycles. The fraction of sp³-hybridized carbons (Fsp3) is 0.438. The zero-order valence-electron chi connectivity index (χ0n) is 12.2. The van der Waals surface area contributed by atoms with E-state index in [2.05, 4.69) is 67.5 Å². The number of nitrogens with zero attached hydrogens (tertiary/aromatic N) is 1. The maximum Gasteiger partial charge on any atom is 0.0695 e. The standard InChI is InChI=1S/C16H23N3/c1-5-17-10-13-11-18-19-15(13)12-6-8-14(9-7-12)16(2,3)4/h6-9,11,17H,5,10H2,1-4H3,(H,18,19). The molecule has 0 radical (unpaired) electrons. The highest BCUT2D eigenvalue weighted by Crippen LogP contribution is 2.26. The number of rotatable bonds is 4. The molecule has 0 unspecified atom stereocenters. The summed E-state index contributed by atoms with van der Waals surface area (Å²) in [4.78, 5) is 0. The fourth-order valence-electron chi connectivity index (χ4n) is 2.09. The molecule has 0 fully saturated rings. The molecule has 0 aliphatic carbocycles. The summed E-state index contributed by atoms with van der Waals surface area (Å²) in [5.74, 6) is 0. The van der Waals surface area contributed by atoms with E-state index in [0.717, 1.165) is 18.8 Å². The molecular formula is C16H23N3.